The van der Waals surface area contributed by atoms with Crippen LogP contribution in [0, 0.1) is 34.5 Å². The number of Topliss-reactive ketones (excluding diaryl/α,β-unsaturated/α-hetero) is 1. The molecular weight excluding hydrogens is 276 g/mol. The third-order valence-electron chi connectivity index (χ3n) is 8.36. The molecule has 0 bridgehead atoms. The minimum atomic E-state index is -0.274. The first-order valence-corrected chi connectivity index (χ1v) is 9.25. The van der Waals surface area contributed by atoms with Crippen LogP contribution in [-0.4, -0.2) is 28.2 Å². The number of hydrogen-bond donors (Lipinski definition) is 2. The Balaban J connectivity index is 1.69. The zero-order valence-electron chi connectivity index (χ0n) is 13.9. The van der Waals surface area contributed by atoms with Gasteiger partial charge in [-0.1, -0.05) is 13.8 Å². The Labute approximate surface area is 133 Å². The van der Waals surface area contributed by atoms with Crippen LogP contribution in [0.25, 0.3) is 0 Å². The Morgan fingerprint density at radius 3 is 2.55 bits per heavy atom. The molecular formula is C19H30O3. The van der Waals surface area contributed by atoms with Gasteiger partial charge in [0.05, 0.1) is 12.2 Å². The van der Waals surface area contributed by atoms with Crippen molar-refractivity contribution in [3.63, 3.8) is 0 Å². The number of rotatable bonds is 0. The summed E-state index contributed by atoms with van der Waals surface area (Å²) in [7, 11) is 0. The van der Waals surface area contributed by atoms with Gasteiger partial charge in [-0.25, -0.2) is 0 Å². The van der Waals surface area contributed by atoms with E-state index in [2.05, 4.69) is 13.8 Å². The third kappa shape index (κ3) is 1.84. The fraction of sp³-hybridized carbons (Fsp3) is 0.947. The molecule has 0 amide bonds. The molecule has 0 aromatic heterocycles. The number of aliphatic hydroxyl groups is 2. The van der Waals surface area contributed by atoms with E-state index < -0.39 is 0 Å². The summed E-state index contributed by atoms with van der Waals surface area (Å²) in [6, 6.07) is 0. The Hall–Kier alpha value is -0.410. The summed E-state index contributed by atoms with van der Waals surface area (Å²) in [5, 5.41) is 20.9. The average molecular weight is 306 g/mol. The topological polar surface area (TPSA) is 57.5 Å². The molecule has 0 spiro atoms. The van der Waals surface area contributed by atoms with Gasteiger partial charge in [0.25, 0.3) is 0 Å². The lowest BCUT2D eigenvalue weighted by Gasteiger charge is -2.61. The van der Waals surface area contributed by atoms with Crippen LogP contribution in [0.4, 0.5) is 0 Å². The van der Waals surface area contributed by atoms with E-state index in [0.29, 0.717) is 29.5 Å². The number of ketones is 1. The number of carbonyl (C=O) groups is 1. The van der Waals surface area contributed by atoms with Crippen molar-refractivity contribution in [2.24, 2.45) is 34.5 Å². The Morgan fingerprint density at radius 1 is 1.00 bits per heavy atom. The number of hydrogen-bond acceptors (Lipinski definition) is 3. The van der Waals surface area contributed by atoms with Gasteiger partial charge in [-0.15, -0.1) is 0 Å². The zero-order chi connectivity index (χ0) is 15.7. The van der Waals surface area contributed by atoms with Gasteiger partial charge < -0.3 is 10.2 Å². The second-order valence-corrected chi connectivity index (χ2v) is 9.14. The van der Waals surface area contributed by atoms with Gasteiger partial charge in [0, 0.05) is 11.8 Å². The smallest absolute Gasteiger partial charge is 0.139 e. The largest absolute Gasteiger partial charge is 0.393 e. The molecule has 0 unspecified atom stereocenters. The first kappa shape index (κ1) is 15.1. The molecule has 0 radical (unpaired) electrons. The van der Waals surface area contributed by atoms with Crippen molar-refractivity contribution in [3.05, 3.63) is 0 Å². The highest BCUT2D eigenvalue weighted by Crippen LogP contribution is 2.65. The lowest BCUT2D eigenvalue weighted by Crippen LogP contribution is -2.58. The van der Waals surface area contributed by atoms with Crippen molar-refractivity contribution in [1.29, 1.82) is 0 Å². The quantitative estimate of drug-likeness (QED) is 0.723. The van der Waals surface area contributed by atoms with E-state index in [1.165, 1.54) is 0 Å². The highest BCUT2D eigenvalue weighted by atomic mass is 16.3. The minimum Gasteiger partial charge on any atom is -0.393 e. The molecule has 0 aromatic rings. The fourth-order valence-corrected chi connectivity index (χ4v) is 6.97. The number of fused-ring (bicyclic) bond motifs is 5. The summed E-state index contributed by atoms with van der Waals surface area (Å²) < 4.78 is 0. The average Bonchev–Trinajstić information content (AvgIpc) is 2.77. The molecule has 4 saturated carbocycles. The Bertz CT molecular complexity index is 489. The van der Waals surface area contributed by atoms with Crippen LogP contribution in [-0.2, 0) is 4.79 Å². The molecule has 0 aromatic carbocycles. The van der Waals surface area contributed by atoms with Crippen molar-refractivity contribution in [2.75, 3.05) is 0 Å². The van der Waals surface area contributed by atoms with E-state index in [-0.39, 0.29) is 23.0 Å². The molecule has 2 N–H and O–H groups in total. The van der Waals surface area contributed by atoms with Crippen molar-refractivity contribution < 1.29 is 15.0 Å². The SMILES string of the molecule is C[C@]12CC[C@@H](O)C[C@@H]1C[C@@H](O)[C@H]1[C@H]2CC[C@]2(C)C(=O)CC[C@@H]12. The molecule has 124 valence electrons. The van der Waals surface area contributed by atoms with Crippen LogP contribution >= 0.6 is 0 Å². The second kappa shape index (κ2) is 4.80. The first-order valence-electron chi connectivity index (χ1n) is 9.25. The molecule has 4 aliphatic carbocycles. The molecule has 4 rings (SSSR count). The fourth-order valence-electron chi connectivity index (χ4n) is 6.97. The summed E-state index contributed by atoms with van der Waals surface area (Å²) in [5.41, 5.74) is 0.0929. The Morgan fingerprint density at radius 2 is 1.77 bits per heavy atom. The van der Waals surface area contributed by atoms with Crippen molar-refractivity contribution >= 4 is 5.78 Å². The van der Waals surface area contributed by atoms with Crippen LogP contribution in [0.2, 0.25) is 0 Å². The minimum absolute atomic E-state index is 0.167. The summed E-state index contributed by atoms with van der Waals surface area (Å²) in [6.07, 6.45) is 7.03. The maximum absolute atomic E-state index is 12.4. The molecule has 8 atom stereocenters. The van der Waals surface area contributed by atoms with Crippen molar-refractivity contribution in [3.8, 4) is 0 Å². The van der Waals surface area contributed by atoms with E-state index in [9.17, 15) is 15.0 Å². The van der Waals surface area contributed by atoms with Gasteiger partial charge in [-0.2, -0.15) is 0 Å². The molecule has 4 fully saturated rings. The molecule has 0 saturated heterocycles. The molecule has 22 heavy (non-hydrogen) atoms. The molecule has 4 aliphatic rings. The van der Waals surface area contributed by atoms with E-state index in [4.69, 9.17) is 0 Å². The molecule has 3 heteroatoms. The number of carbonyl (C=O) groups excluding carboxylic acids is 1. The summed E-state index contributed by atoms with van der Waals surface area (Å²) >= 11 is 0. The highest BCUT2D eigenvalue weighted by Gasteiger charge is 2.62. The summed E-state index contributed by atoms with van der Waals surface area (Å²) in [6.45, 7) is 4.57. The number of aliphatic hydroxyl groups excluding tert-OH is 2. The Kier molecular flexibility index (Phi) is 3.30. The van der Waals surface area contributed by atoms with E-state index >= 15 is 0 Å². The van der Waals surface area contributed by atoms with Crippen LogP contribution in [0.5, 0.6) is 0 Å². The van der Waals surface area contributed by atoms with Gasteiger partial charge in [0.2, 0.25) is 0 Å². The lowest BCUT2D eigenvalue weighted by atomic mass is 9.44. The van der Waals surface area contributed by atoms with Gasteiger partial charge in [-0.3, -0.25) is 4.79 Å². The van der Waals surface area contributed by atoms with Crippen LogP contribution in [0.3, 0.4) is 0 Å². The van der Waals surface area contributed by atoms with Gasteiger partial charge in [0.1, 0.15) is 5.78 Å². The lowest BCUT2D eigenvalue weighted by molar-refractivity contribution is -0.171. The second-order valence-electron chi connectivity index (χ2n) is 9.14. The zero-order valence-corrected chi connectivity index (χ0v) is 13.9. The maximum Gasteiger partial charge on any atom is 0.139 e. The summed E-state index contributed by atoms with van der Waals surface area (Å²) in [5.74, 6) is 2.13. The predicted molar refractivity (Wildman–Crippen MR) is 84.1 cm³/mol. The molecule has 0 aliphatic heterocycles. The summed E-state index contributed by atoms with van der Waals surface area (Å²) in [4.78, 5) is 12.4. The van der Waals surface area contributed by atoms with E-state index in [0.717, 1.165) is 51.4 Å². The van der Waals surface area contributed by atoms with E-state index in [1.807, 2.05) is 0 Å². The highest BCUT2D eigenvalue weighted by molar-refractivity contribution is 5.87. The van der Waals surface area contributed by atoms with Crippen LogP contribution in [0.1, 0.15) is 65.2 Å². The third-order valence-corrected chi connectivity index (χ3v) is 8.36. The standard InChI is InChI=1S/C19H30O3/c1-18-7-5-12(20)9-11(18)10-15(21)17-13-3-4-16(22)19(13,2)8-6-14(17)18/h11-15,17,20-21H,3-10H2,1-2H3/t11-,12-,13+,14-,15-,17-,18+,19+/m1/s1. The normalized spacial score (nSPS) is 57.9. The van der Waals surface area contributed by atoms with Crippen LogP contribution < -0.4 is 0 Å². The maximum atomic E-state index is 12.4. The first-order chi connectivity index (χ1) is 10.4. The van der Waals surface area contributed by atoms with Crippen molar-refractivity contribution in [2.45, 2.75) is 77.4 Å². The monoisotopic (exact) mass is 306 g/mol. The van der Waals surface area contributed by atoms with Crippen LogP contribution in [0.15, 0.2) is 0 Å². The van der Waals surface area contributed by atoms with Gasteiger partial charge in [0.15, 0.2) is 0 Å². The molecule has 0 heterocycles. The van der Waals surface area contributed by atoms with Crippen molar-refractivity contribution in [1.82, 2.24) is 0 Å². The van der Waals surface area contributed by atoms with E-state index in [1.54, 1.807) is 0 Å². The van der Waals surface area contributed by atoms with Gasteiger partial charge >= 0.3 is 0 Å². The van der Waals surface area contributed by atoms with Gasteiger partial charge in [-0.05, 0) is 74.0 Å². The predicted octanol–water partition coefficient (Wildman–Crippen LogP) is 2.93. The molecule has 3 nitrogen and oxygen atoms in total.